The summed E-state index contributed by atoms with van der Waals surface area (Å²) in [5.74, 6) is 0.846. The van der Waals surface area contributed by atoms with E-state index in [1.54, 1.807) is 0 Å². The molecule has 0 unspecified atom stereocenters. The van der Waals surface area contributed by atoms with Gasteiger partial charge in [0.25, 0.3) is 0 Å². The predicted octanol–water partition coefficient (Wildman–Crippen LogP) is 5.60. The summed E-state index contributed by atoms with van der Waals surface area (Å²) in [5, 5.41) is 0. The van der Waals surface area contributed by atoms with E-state index in [-0.39, 0.29) is 18.2 Å². The molecule has 0 amide bonds. The van der Waals surface area contributed by atoms with Crippen molar-refractivity contribution in [2.75, 3.05) is 26.2 Å². The summed E-state index contributed by atoms with van der Waals surface area (Å²) in [6, 6.07) is 16.2. The van der Waals surface area contributed by atoms with Crippen LogP contribution >= 0.6 is 12.4 Å². The van der Waals surface area contributed by atoms with Crippen LogP contribution in [0.3, 0.4) is 0 Å². The molecule has 0 fully saturated rings. The molecule has 0 atom stereocenters. The van der Waals surface area contributed by atoms with Gasteiger partial charge in [-0.25, -0.2) is 0 Å². The van der Waals surface area contributed by atoms with Crippen LogP contribution in [0.5, 0.6) is 5.75 Å². The van der Waals surface area contributed by atoms with Crippen molar-refractivity contribution < 1.29 is 9.53 Å². The van der Waals surface area contributed by atoms with E-state index in [9.17, 15) is 4.79 Å². The van der Waals surface area contributed by atoms with E-state index in [2.05, 4.69) is 49.9 Å². The Balaban J connectivity index is 0.00000392. The summed E-state index contributed by atoms with van der Waals surface area (Å²) >= 11 is 0. The normalized spacial score (nSPS) is 10.6. The molecule has 2 aromatic carbocycles. The summed E-state index contributed by atoms with van der Waals surface area (Å²) in [6.07, 6.45) is 3.53. The largest absolute Gasteiger partial charge is 0.491 e. The minimum Gasteiger partial charge on any atom is -0.491 e. The number of hydrogen-bond acceptors (Lipinski definition) is 3. The molecule has 0 saturated carbocycles. The Labute approximate surface area is 176 Å². The summed E-state index contributed by atoms with van der Waals surface area (Å²) in [7, 11) is 0. The van der Waals surface area contributed by atoms with Crippen LogP contribution in [0.1, 0.15) is 55.1 Å². The third-order valence-corrected chi connectivity index (χ3v) is 4.95. The lowest BCUT2D eigenvalue weighted by atomic mass is 10.0. The molecule has 2 aromatic rings. The lowest BCUT2D eigenvalue weighted by molar-refractivity contribution is 0.0978. The Morgan fingerprint density at radius 1 is 0.893 bits per heavy atom. The maximum atomic E-state index is 12.7. The van der Waals surface area contributed by atoms with Crippen LogP contribution in [0.15, 0.2) is 48.5 Å². The van der Waals surface area contributed by atoms with Gasteiger partial charge in [0, 0.05) is 13.0 Å². The monoisotopic (exact) mass is 403 g/mol. The summed E-state index contributed by atoms with van der Waals surface area (Å²) in [6.45, 7) is 9.99. The van der Waals surface area contributed by atoms with E-state index in [1.165, 1.54) is 11.1 Å². The molecule has 0 bridgehead atoms. The van der Waals surface area contributed by atoms with E-state index in [1.807, 2.05) is 24.3 Å². The van der Waals surface area contributed by atoms with E-state index < -0.39 is 0 Å². The zero-order valence-electron chi connectivity index (χ0n) is 17.4. The Bertz CT molecular complexity index is 696. The number of carbonyl (C=O) groups is 1. The van der Waals surface area contributed by atoms with Crippen molar-refractivity contribution >= 4 is 18.2 Å². The number of ether oxygens (including phenoxy) is 1. The highest BCUT2D eigenvalue weighted by Gasteiger charge is 2.12. The molecule has 0 aromatic heterocycles. The van der Waals surface area contributed by atoms with Crippen molar-refractivity contribution in [1.82, 2.24) is 4.90 Å². The van der Waals surface area contributed by atoms with Crippen molar-refractivity contribution in [3.8, 4) is 5.75 Å². The molecule has 0 spiro atoms. The number of ketones is 1. The van der Waals surface area contributed by atoms with E-state index in [0.717, 1.165) is 38.9 Å². The first-order valence-electron chi connectivity index (χ1n) is 10.2. The molecule has 0 N–H and O–H groups in total. The molecule has 4 heteroatoms. The standard InChI is InChI=1S/C24H33NO2.ClH/c1-4-9-20-12-14-21(15-13-20)16-17-23(26)22-10-7-8-11-24(22)27-19-18-25(5-2)6-3;/h7-8,10-15H,4-6,9,16-19H2,1-3H3;1H. The smallest absolute Gasteiger partial charge is 0.166 e. The van der Waals surface area contributed by atoms with Crippen molar-refractivity contribution in [2.24, 2.45) is 0 Å². The molecular weight excluding hydrogens is 370 g/mol. The number of hydrogen-bond donors (Lipinski definition) is 0. The molecule has 0 aliphatic rings. The topological polar surface area (TPSA) is 29.5 Å². The highest BCUT2D eigenvalue weighted by Crippen LogP contribution is 2.21. The lowest BCUT2D eigenvalue weighted by Gasteiger charge is -2.18. The molecule has 0 aliphatic carbocycles. The highest BCUT2D eigenvalue weighted by atomic mass is 35.5. The second kappa shape index (κ2) is 13.4. The third-order valence-electron chi connectivity index (χ3n) is 4.95. The number of halogens is 1. The van der Waals surface area contributed by atoms with Crippen molar-refractivity contribution in [2.45, 2.75) is 46.5 Å². The van der Waals surface area contributed by atoms with Gasteiger partial charge in [-0.05, 0) is 49.2 Å². The summed E-state index contributed by atoms with van der Waals surface area (Å²) in [5.41, 5.74) is 3.27. The van der Waals surface area contributed by atoms with Gasteiger partial charge >= 0.3 is 0 Å². The van der Waals surface area contributed by atoms with Crippen LogP contribution < -0.4 is 4.74 Å². The molecule has 0 saturated heterocycles. The Kier molecular flexibility index (Phi) is 11.5. The molecular formula is C24H34ClNO2. The van der Waals surface area contributed by atoms with Gasteiger partial charge in [0.2, 0.25) is 0 Å². The highest BCUT2D eigenvalue weighted by molar-refractivity contribution is 5.98. The van der Waals surface area contributed by atoms with Crippen LogP contribution in [0, 0.1) is 0 Å². The lowest BCUT2D eigenvalue weighted by Crippen LogP contribution is -2.28. The molecule has 28 heavy (non-hydrogen) atoms. The average Bonchev–Trinajstić information content (AvgIpc) is 2.71. The summed E-state index contributed by atoms with van der Waals surface area (Å²) in [4.78, 5) is 15.0. The maximum absolute atomic E-state index is 12.7. The van der Waals surface area contributed by atoms with Gasteiger partial charge in [0.1, 0.15) is 12.4 Å². The predicted molar refractivity (Wildman–Crippen MR) is 120 cm³/mol. The number of Topliss-reactive ketones (excluding diaryl/α,β-unsaturated/α-hetero) is 1. The fraction of sp³-hybridized carbons (Fsp3) is 0.458. The number of para-hydroxylation sites is 1. The van der Waals surface area contributed by atoms with E-state index in [4.69, 9.17) is 4.74 Å². The fourth-order valence-corrected chi connectivity index (χ4v) is 3.20. The van der Waals surface area contributed by atoms with Gasteiger partial charge in [0.15, 0.2) is 5.78 Å². The van der Waals surface area contributed by atoms with E-state index >= 15 is 0 Å². The van der Waals surface area contributed by atoms with Crippen LogP contribution in [-0.4, -0.2) is 36.9 Å². The van der Waals surface area contributed by atoms with Crippen molar-refractivity contribution in [1.29, 1.82) is 0 Å². The number of aryl methyl sites for hydroxylation is 2. The number of carbonyl (C=O) groups excluding carboxylic acids is 1. The second-order valence-electron chi connectivity index (χ2n) is 6.86. The summed E-state index contributed by atoms with van der Waals surface area (Å²) < 4.78 is 5.92. The molecule has 0 aliphatic heterocycles. The van der Waals surface area contributed by atoms with Gasteiger partial charge in [0.05, 0.1) is 5.56 Å². The number of likely N-dealkylation sites (N-methyl/N-ethyl adjacent to an activating group) is 1. The van der Waals surface area contributed by atoms with Crippen LogP contribution in [-0.2, 0) is 12.8 Å². The molecule has 3 nitrogen and oxygen atoms in total. The Morgan fingerprint density at radius 2 is 1.50 bits per heavy atom. The van der Waals surface area contributed by atoms with E-state index in [0.29, 0.717) is 24.3 Å². The first-order chi connectivity index (χ1) is 13.2. The zero-order chi connectivity index (χ0) is 19.5. The van der Waals surface area contributed by atoms with Crippen LogP contribution in [0.2, 0.25) is 0 Å². The minimum absolute atomic E-state index is 0. The van der Waals surface area contributed by atoms with Crippen molar-refractivity contribution in [3.63, 3.8) is 0 Å². The molecule has 0 heterocycles. The fourth-order valence-electron chi connectivity index (χ4n) is 3.20. The van der Waals surface area contributed by atoms with Crippen molar-refractivity contribution in [3.05, 3.63) is 65.2 Å². The van der Waals surface area contributed by atoms with Gasteiger partial charge in [-0.1, -0.05) is 63.6 Å². The van der Waals surface area contributed by atoms with Gasteiger partial charge in [-0.15, -0.1) is 12.4 Å². The molecule has 154 valence electrons. The number of rotatable bonds is 12. The molecule has 0 radical (unpaired) electrons. The molecule has 2 rings (SSSR count). The quantitative estimate of drug-likeness (QED) is 0.432. The SMILES string of the molecule is CCCc1ccc(CCC(=O)c2ccccc2OCCN(CC)CC)cc1.Cl. The number of nitrogens with zero attached hydrogens (tertiary/aromatic N) is 1. The average molecular weight is 404 g/mol. The third kappa shape index (κ3) is 7.65. The maximum Gasteiger partial charge on any atom is 0.166 e. The first kappa shape index (κ1) is 24.2. The second-order valence-corrected chi connectivity index (χ2v) is 6.86. The zero-order valence-corrected chi connectivity index (χ0v) is 18.3. The minimum atomic E-state index is 0. The Morgan fingerprint density at radius 3 is 2.11 bits per heavy atom. The van der Waals surface area contributed by atoms with Gasteiger partial charge in [-0.3, -0.25) is 4.79 Å². The number of benzene rings is 2. The van der Waals surface area contributed by atoms with Crippen LogP contribution in [0.4, 0.5) is 0 Å². The first-order valence-corrected chi connectivity index (χ1v) is 10.2. The Hall–Kier alpha value is -1.84. The van der Waals surface area contributed by atoms with Crippen LogP contribution in [0.25, 0.3) is 0 Å². The van der Waals surface area contributed by atoms with Gasteiger partial charge < -0.3 is 9.64 Å². The van der Waals surface area contributed by atoms with Gasteiger partial charge in [-0.2, -0.15) is 0 Å².